The Morgan fingerprint density at radius 1 is 1.24 bits per heavy atom. The van der Waals surface area contributed by atoms with E-state index >= 15 is 0 Å². The monoisotopic (exact) mass is 298 g/mol. The van der Waals surface area contributed by atoms with Crippen LogP contribution in [0.25, 0.3) is 0 Å². The van der Waals surface area contributed by atoms with Crippen molar-refractivity contribution in [2.75, 3.05) is 11.4 Å². The van der Waals surface area contributed by atoms with Crippen molar-refractivity contribution in [1.29, 1.82) is 0 Å². The fourth-order valence-corrected chi connectivity index (χ4v) is 2.80. The maximum Gasteiger partial charge on any atom is 0.226 e. The number of fused-ring (bicyclic) bond motifs is 1. The average Bonchev–Trinajstić information content (AvgIpc) is 2.68. The van der Waals surface area contributed by atoms with E-state index in [1.54, 1.807) is 0 Å². The number of thiocarbonyl (C=S) groups is 1. The quantitative estimate of drug-likeness (QED) is 0.863. The molecule has 1 aliphatic heterocycles. The third-order valence-corrected chi connectivity index (χ3v) is 3.94. The molecule has 0 amide bonds. The molecule has 108 valence electrons. The van der Waals surface area contributed by atoms with Crippen LogP contribution in [0.15, 0.2) is 30.3 Å². The largest absolute Gasteiger partial charge is 0.388 e. The molecule has 5 heteroatoms. The highest BCUT2D eigenvalue weighted by Crippen LogP contribution is 2.22. The van der Waals surface area contributed by atoms with E-state index in [4.69, 9.17) is 18.0 Å². The second-order valence-corrected chi connectivity index (χ2v) is 5.79. The minimum Gasteiger partial charge on any atom is -0.388 e. The lowest BCUT2D eigenvalue weighted by atomic mass is 10.0. The van der Waals surface area contributed by atoms with Crippen LogP contribution >= 0.6 is 12.2 Å². The Bertz CT molecular complexity index is 684. The van der Waals surface area contributed by atoms with Crippen LogP contribution in [0.1, 0.15) is 28.9 Å². The summed E-state index contributed by atoms with van der Waals surface area (Å²) in [6.45, 7) is 3.71. The van der Waals surface area contributed by atoms with Crippen LogP contribution in [0.5, 0.6) is 0 Å². The predicted octanol–water partition coefficient (Wildman–Crippen LogP) is 2.37. The van der Waals surface area contributed by atoms with Gasteiger partial charge in [0.15, 0.2) is 0 Å². The van der Waals surface area contributed by atoms with Crippen LogP contribution in [0, 0.1) is 6.92 Å². The molecule has 4 nitrogen and oxygen atoms in total. The van der Waals surface area contributed by atoms with Gasteiger partial charge in [-0.05, 0) is 37.0 Å². The number of benzene rings is 1. The van der Waals surface area contributed by atoms with Gasteiger partial charge in [-0.3, -0.25) is 0 Å². The minimum atomic E-state index is 0.317. The number of aryl methyl sites for hydroxylation is 2. The first-order valence-electron chi connectivity index (χ1n) is 7.11. The summed E-state index contributed by atoms with van der Waals surface area (Å²) >= 11 is 5.04. The van der Waals surface area contributed by atoms with Gasteiger partial charge in [-0.1, -0.05) is 36.5 Å². The first-order chi connectivity index (χ1) is 10.1. The molecule has 0 radical (unpaired) electrons. The summed E-state index contributed by atoms with van der Waals surface area (Å²) in [6.07, 6.45) is 2.19. The lowest BCUT2D eigenvalue weighted by Crippen LogP contribution is -2.26. The summed E-state index contributed by atoms with van der Waals surface area (Å²) in [5.41, 5.74) is 10.0. The molecule has 0 saturated heterocycles. The Kier molecular flexibility index (Phi) is 3.84. The molecule has 1 aromatic heterocycles. The molecule has 0 bridgehead atoms. The van der Waals surface area contributed by atoms with E-state index in [1.807, 2.05) is 13.0 Å². The second kappa shape index (κ2) is 5.77. The molecule has 2 aromatic rings. The number of anilines is 1. The number of rotatable bonds is 2. The summed E-state index contributed by atoms with van der Waals surface area (Å²) in [6, 6.07) is 10.4. The molecule has 3 rings (SSSR count). The zero-order valence-corrected chi connectivity index (χ0v) is 12.9. The molecule has 0 aliphatic carbocycles. The maximum absolute atomic E-state index is 5.71. The summed E-state index contributed by atoms with van der Waals surface area (Å²) < 4.78 is 0. The van der Waals surface area contributed by atoms with Crippen molar-refractivity contribution < 1.29 is 0 Å². The van der Waals surface area contributed by atoms with Crippen molar-refractivity contribution in [3.63, 3.8) is 0 Å². The molecule has 0 spiro atoms. The van der Waals surface area contributed by atoms with Gasteiger partial charge in [-0.15, -0.1) is 0 Å². The van der Waals surface area contributed by atoms with Gasteiger partial charge < -0.3 is 10.6 Å². The molecular weight excluding hydrogens is 280 g/mol. The van der Waals surface area contributed by atoms with Gasteiger partial charge >= 0.3 is 0 Å². The molecular formula is C16H18N4S. The molecule has 0 atom stereocenters. The highest BCUT2D eigenvalue weighted by Gasteiger charge is 2.17. The van der Waals surface area contributed by atoms with Gasteiger partial charge in [0, 0.05) is 18.8 Å². The fourth-order valence-electron chi connectivity index (χ4n) is 2.69. The van der Waals surface area contributed by atoms with Crippen LogP contribution in [-0.4, -0.2) is 21.5 Å². The van der Waals surface area contributed by atoms with Crippen molar-refractivity contribution in [3.8, 4) is 0 Å². The Morgan fingerprint density at radius 3 is 2.76 bits per heavy atom. The van der Waals surface area contributed by atoms with Crippen molar-refractivity contribution in [2.24, 2.45) is 5.73 Å². The first-order valence-corrected chi connectivity index (χ1v) is 7.51. The van der Waals surface area contributed by atoms with Crippen molar-refractivity contribution in [1.82, 2.24) is 9.97 Å². The summed E-state index contributed by atoms with van der Waals surface area (Å²) in [7, 11) is 0. The van der Waals surface area contributed by atoms with Crippen LogP contribution in [0.3, 0.4) is 0 Å². The van der Waals surface area contributed by atoms with Gasteiger partial charge in [-0.25, -0.2) is 9.97 Å². The zero-order valence-electron chi connectivity index (χ0n) is 12.0. The standard InChI is InChI=1S/C16H18N4S/c1-11-9-14(15(17)21)19-16(18-11)20-8-4-7-12-5-2-3-6-13(12)10-20/h2-3,5-6,9H,4,7-8,10H2,1H3,(H2,17,21). The molecule has 2 N–H and O–H groups in total. The summed E-state index contributed by atoms with van der Waals surface area (Å²) in [5.74, 6) is 0.717. The summed E-state index contributed by atoms with van der Waals surface area (Å²) in [4.78, 5) is 11.6. The Morgan fingerprint density at radius 2 is 2.00 bits per heavy atom. The number of nitrogens with zero attached hydrogens (tertiary/aromatic N) is 3. The highest BCUT2D eigenvalue weighted by atomic mass is 32.1. The van der Waals surface area contributed by atoms with Crippen LogP contribution < -0.4 is 10.6 Å². The lowest BCUT2D eigenvalue weighted by Gasteiger charge is -2.21. The maximum atomic E-state index is 5.71. The molecule has 21 heavy (non-hydrogen) atoms. The average molecular weight is 298 g/mol. The third kappa shape index (κ3) is 3.03. The van der Waals surface area contributed by atoms with Crippen molar-refractivity contribution >= 4 is 23.2 Å². The molecule has 1 aromatic carbocycles. The SMILES string of the molecule is Cc1cc(C(N)=S)nc(N2CCCc3ccccc3C2)n1. The summed E-state index contributed by atoms with van der Waals surface area (Å²) in [5, 5.41) is 0. The van der Waals surface area contributed by atoms with Crippen molar-refractivity contribution in [2.45, 2.75) is 26.3 Å². The van der Waals surface area contributed by atoms with E-state index < -0.39 is 0 Å². The molecule has 0 unspecified atom stereocenters. The number of aromatic nitrogens is 2. The molecule has 2 heterocycles. The highest BCUT2D eigenvalue weighted by molar-refractivity contribution is 7.80. The van der Waals surface area contributed by atoms with Gasteiger partial charge in [0.2, 0.25) is 5.95 Å². The fraction of sp³-hybridized carbons (Fsp3) is 0.312. The van der Waals surface area contributed by atoms with Crippen LogP contribution in [0.2, 0.25) is 0 Å². The van der Waals surface area contributed by atoms with Gasteiger partial charge in [-0.2, -0.15) is 0 Å². The number of nitrogens with two attached hydrogens (primary N) is 1. The zero-order chi connectivity index (χ0) is 14.8. The Labute approximate surface area is 130 Å². The van der Waals surface area contributed by atoms with E-state index in [1.165, 1.54) is 11.1 Å². The van der Waals surface area contributed by atoms with Crippen molar-refractivity contribution in [3.05, 3.63) is 52.8 Å². The van der Waals surface area contributed by atoms with Crippen LogP contribution in [0.4, 0.5) is 5.95 Å². The molecule has 0 saturated carbocycles. The van der Waals surface area contributed by atoms with E-state index in [2.05, 4.69) is 39.1 Å². The minimum absolute atomic E-state index is 0.317. The lowest BCUT2D eigenvalue weighted by molar-refractivity contribution is 0.737. The van der Waals surface area contributed by atoms with E-state index in [9.17, 15) is 0 Å². The normalized spacial score (nSPS) is 14.4. The Balaban J connectivity index is 1.95. The number of hydrogen-bond acceptors (Lipinski definition) is 4. The van der Waals surface area contributed by atoms with Gasteiger partial charge in [0.05, 0.1) is 0 Å². The molecule has 0 fully saturated rings. The van der Waals surface area contributed by atoms with E-state index in [-0.39, 0.29) is 0 Å². The van der Waals surface area contributed by atoms with E-state index in [0.717, 1.165) is 37.6 Å². The predicted molar refractivity (Wildman–Crippen MR) is 88.5 cm³/mol. The topological polar surface area (TPSA) is 55.0 Å². The van der Waals surface area contributed by atoms with Crippen LogP contribution in [-0.2, 0) is 13.0 Å². The second-order valence-electron chi connectivity index (χ2n) is 5.35. The van der Waals surface area contributed by atoms with Gasteiger partial charge in [0.1, 0.15) is 10.7 Å². The molecule has 1 aliphatic rings. The Hall–Kier alpha value is -2.01. The first kappa shape index (κ1) is 13.9. The smallest absolute Gasteiger partial charge is 0.226 e. The van der Waals surface area contributed by atoms with E-state index in [0.29, 0.717) is 10.7 Å². The van der Waals surface area contributed by atoms with Gasteiger partial charge in [0.25, 0.3) is 0 Å². The third-order valence-electron chi connectivity index (χ3n) is 3.73. The number of hydrogen-bond donors (Lipinski definition) is 1.